The first-order valence-electron chi connectivity index (χ1n) is 15.5. The third-order valence-electron chi connectivity index (χ3n) is 5.31. The SMILES string of the molecule is CC(C)(C)OC(=O)NCCCOc1ccc(CC(=NO)C(=O)NCCCCN=C(NC(=O)OC(C)(C)C)NC(=O)OC(C)(C)C)cc1. The zero-order chi connectivity index (χ0) is 35.7. The zero-order valence-electron chi connectivity index (χ0n) is 29.1. The van der Waals surface area contributed by atoms with Gasteiger partial charge in [-0.2, -0.15) is 0 Å². The van der Waals surface area contributed by atoms with Gasteiger partial charge in [0.15, 0.2) is 0 Å². The summed E-state index contributed by atoms with van der Waals surface area (Å²) >= 11 is 0. The lowest BCUT2D eigenvalue weighted by atomic mass is 10.1. The van der Waals surface area contributed by atoms with Gasteiger partial charge in [0, 0.05) is 26.1 Å². The van der Waals surface area contributed by atoms with Crippen LogP contribution in [0, 0.1) is 0 Å². The Morgan fingerprint density at radius 1 is 0.702 bits per heavy atom. The van der Waals surface area contributed by atoms with Crippen LogP contribution in [0.2, 0.25) is 0 Å². The minimum Gasteiger partial charge on any atom is -0.494 e. The lowest BCUT2D eigenvalue weighted by Gasteiger charge is -2.22. The molecule has 0 aromatic heterocycles. The minimum atomic E-state index is -0.790. The molecule has 0 fully saturated rings. The van der Waals surface area contributed by atoms with Gasteiger partial charge < -0.3 is 34.8 Å². The molecular formula is C32H52N6O9. The summed E-state index contributed by atoms with van der Waals surface area (Å²) in [7, 11) is 0. The van der Waals surface area contributed by atoms with Gasteiger partial charge in [0.2, 0.25) is 5.96 Å². The molecule has 0 aliphatic heterocycles. The summed E-state index contributed by atoms with van der Waals surface area (Å²) in [6, 6.07) is 7.01. The maximum absolute atomic E-state index is 12.6. The number of unbranched alkanes of at least 4 members (excludes halogenated alkanes) is 1. The number of alkyl carbamates (subject to hydrolysis) is 3. The van der Waals surface area contributed by atoms with Crippen molar-refractivity contribution >= 4 is 35.9 Å². The second-order valence-electron chi connectivity index (χ2n) is 13.4. The summed E-state index contributed by atoms with van der Waals surface area (Å²) < 4.78 is 21.3. The molecule has 15 nitrogen and oxygen atoms in total. The van der Waals surface area contributed by atoms with Crippen LogP contribution in [0.4, 0.5) is 14.4 Å². The summed E-state index contributed by atoms with van der Waals surface area (Å²) in [6.07, 6.45) is -0.358. The van der Waals surface area contributed by atoms with Gasteiger partial charge in [-0.1, -0.05) is 17.3 Å². The van der Waals surface area contributed by atoms with E-state index in [9.17, 15) is 24.4 Å². The van der Waals surface area contributed by atoms with E-state index in [2.05, 4.69) is 31.4 Å². The van der Waals surface area contributed by atoms with E-state index in [1.165, 1.54) is 0 Å². The molecule has 0 saturated carbocycles. The number of rotatable bonds is 13. The number of aliphatic imine (C=N–C) groups is 1. The fraction of sp³-hybridized carbons (Fsp3) is 0.625. The molecule has 0 radical (unpaired) electrons. The molecule has 0 atom stereocenters. The molecule has 0 heterocycles. The fourth-order valence-electron chi connectivity index (χ4n) is 3.47. The maximum atomic E-state index is 12.6. The standard InChI is InChI=1S/C32H52N6O9/c1-30(2,3)45-27(40)35-19-12-20-44-23-15-13-22(14-16-23)21-24(38-43)25(39)33-17-10-11-18-34-26(36-28(41)46-31(4,5)6)37-29(42)47-32(7,8)9/h13-16,43H,10-12,17-21H2,1-9H3,(H,33,39)(H,35,40)(H2,34,36,37,41,42). The molecule has 0 saturated heterocycles. The van der Waals surface area contributed by atoms with Crippen molar-refractivity contribution in [3.63, 3.8) is 0 Å². The van der Waals surface area contributed by atoms with Crippen LogP contribution >= 0.6 is 0 Å². The number of nitrogens with one attached hydrogen (secondary N) is 4. The quantitative estimate of drug-likeness (QED) is 0.0497. The Balaban J connectivity index is 2.49. The molecule has 47 heavy (non-hydrogen) atoms. The Hall–Kier alpha value is -4.56. The predicted octanol–water partition coefficient (Wildman–Crippen LogP) is 4.65. The Morgan fingerprint density at radius 3 is 1.72 bits per heavy atom. The first-order valence-corrected chi connectivity index (χ1v) is 15.5. The predicted molar refractivity (Wildman–Crippen MR) is 177 cm³/mol. The summed E-state index contributed by atoms with van der Waals surface area (Å²) in [6.45, 7) is 16.9. The van der Waals surface area contributed by atoms with E-state index in [0.717, 1.165) is 5.56 Å². The molecule has 1 rings (SSSR count). The summed E-state index contributed by atoms with van der Waals surface area (Å²) in [4.78, 5) is 52.9. The number of oxime groups is 1. The number of guanidine groups is 1. The third kappa shape index (κ3) is 21.0. The van der Waals surface area contributed by atoms with Crippen LogP contribution in [-0.2, 0) is 25.4 Å². The van der Waals surface area contributed by atoms with Crippen LogP contribution < -0.4 is 26.0 Å². The first kappa shape index (κ1) is 40.5. The zero-order valence-corrected chi connectivity index (χ0v) is 29.1. The third-order valence-corrected chi connectivity index (χ3v) is 5.31. The molecule has 0 unspecified atom stereocenters. The molecule has 0 aliphatic rings. The normalized spacial score (nSPS) is 11.9. The van der Waals surface area contributed by atoms with Crippen molar-refractivity contribution in [3.05, 3.63) is 29.8 Å². The average molecular weight is 665 g/mol. The van der Waals surface area contributed by atoms with E-state index in [1.807, 2.05) is 0 Å². The van der Waals surface area contributed by atoms with Gasteiger partial charge in [-0.25, -0.2) is 14.4 Å². The highest BCUT2D eigenvalue weighted by atomic mass is 16.6. The van der Waals surface area contributed by atoms with Crippen molar-refractivity contribution in [2.45, 2.75) is 105 Å². The van der Waals surface area contributed by atoms with Crippen molar-refractivity contribution < 1.29 is 43.3 Å². The molecule has 0 bridgehead atoms. The second-order valence-corrected chi connectivity index (χ2v) is 13.4. The average Bonchev–Trinajstić information content (AvgIpc) is 2.90. The van der Waals surface area contributed by atoms with E-state index in [4.69, 9.17) is 18.9 Å². The van der Waals surface area contributed by atoms with Crippen LogP contribution in [0.3, 0.4) is 0 Å². The molecule has 1 aromatic carbocycles. The molecule has 15 heteroatoms. The monoisotopic (exact) mass is 664 g/mol. The highest BCUT2D eigenvalue weighted by Gasteiger charge is 2.21. The molecule has 4 amide bonds. The van der Waals surface area contributed by atoms with Gasteiger partial charge >= 0.3 is 18.3 Å². The molecular weight excluding hydrogens is 612 g/mol. The smallest absolute Gasteiger partial charge is 0.414 e. The lowest BCUT2D eigenvalue weighted by molar-refractivity contribution is -0.115. The minimum absolute atomic E-state index is 0.0599. The highest BCUT2D eigenvalue weighted by molar-refractivity contribution is 6.39. The van der Waals surface area contributed by atoms with E-state index < -0.39 is 41.0 Å². The molecule has 1 aromatic rings. The Morgan fingerprint density at radius 2 is 1.21 bits per heavy atom. The van der Waals surface area contributed by atoms with Crippen LogP contribution in [0.1, 0.15) is 87.1 Å². The molecule has 264 valence electrons. The van der Waals surface area contributed by atoms with Crippen LogP contribution in [0.15, 0.2) is 34.4 Å². The number of hydrogen-bond acceptors (Lipinski definition) is 11. The van der Waals surface area contributed by atoms with Crippen LogP contribution in [-0.4, -0.2) is 84.1 Å². The van der Waals surface area contributed by atoms with Gasteiger partial charge in [-0.3, -0.25) is 20.4 Å². The van der Waals surface area contributed by atoms with E-state index in [-0.39, 0.29) is 31.2 Å². The number of carbonyl (C=O) groups is 4. The largest absolute Gasteiger partial charge is 0.494 e. The van der Waals surface area contributed by atoms with Crippen LogP contribution in [0.5, 0.6) is 5.75 Å². The summed E-state index contributed by atoms with van der Waals surface area (Å²) in [5.74, 6) is -0.0297. The molecule has 5 N–H and O–H groups in total. The molecule has 0 aliphatic carbocycles. The topological polar surface area (TPSA) is 198 Å². The van der Waals surface area contributed by atoms with Crippen molar-refractivity contribution in [3.8, 4) is 5.75 Å². The Labute approximate surface area is 277 Å². The number of nitrogens with zero attached hydrogens (tertiary/aromatic N) is 2. The number of carbonyl (C=O) groups excluding carboxylic acids is 4. The van der Waals surface area contributed by atoms with Gasteiger partial charge in [0.25, 0.3) is 5.91 Å². The van der Waals surface area contributed by atoms with Crippen molar-refractivity contribution in [2.75, 3.05) is 26.2 Å². The number of hydrogen-bond donors (Lipinski definition) is 5. The summed E-state index contributed by atoms with van der Waals surface area (Å²) in [5.41, 5.74) is -1.38. The van der Waals surface area contributed by atoms with Gasteiger partial charge in [0.1, 0.15) is 28.3 Å². The van der Waals surface area contributed by atoms with Gasteiger partial charge in [-0.05, 0) is 99.3 Å². The first-order chi connectivity index (χ1) is 21.8. The highest BCUT2D eigenvalue weighted by Crippen LogP contribution is 2.14. The van der Waals surface area contributed by atoms with Gasteiger partial charge in [-0.15, -0.1) is 0 Å². The Bertz CT molecular complexity index is 1200. The second kappa shape index (κ2) is 19.2. The number of ether oxygens (including phenoxy) is 4. The van der Waals surface area contributed by atoms with E-state index in [0.29, 0.717) is 38.2 Å². The van der Waals surface area contributed by atoms with E-state index in [1.54, 1.807) is 86.6 Å². The number of amides is 4. The van der Waals surface area contributed by atoms with Crippen molar-refractivity contribution in [2.24, 2.45) is 10.1 Å². The van der Waals surface area contributed by atoms with Crippen molar-refractivity contribution in [1.82, 2.24) is 21.3 Å². The van der Waals surface area contributed by atoms with Crippen LogP contribution in [0.25, 0.3) is 0 Å². The maximum Gasteiger partial charge on any atom is 0.414 e. The fourth-order valence-corrected chi connectivity index (χ4v) is 3.47. The Kier molecular flexibility index (Phi) is 16.5. The molecule has 0 spiro atoms. The summed E-state index contributed by atoms with van der Waals surface area (Å²) in [5, 5.41) is 22.8. The number of benzene rings is 1. The van der Waals surface area contributed by atoms with E-state index >= 15 is 0 Å². The lowest BCUT2D eigenvalue weighted by Crippen LogP contribution is -2.47. The van der Waals surface area contributed by atoms with Gasteiger partial charge in [0.05, 0.1) is 6.61 Å². The van der Waals surface area contributed by atoms with Crippen molar-refractivity contribution in [1.29, 1.82) is 0 Å².